The summed E-state index contributed by atoms with van der Waals surface area (Å²) < 4.78 is 18.8. The van der Waals surface area contributed by atoms with Crippen LogP contribution in [0.15, 0.2) is 0 Å². The summed E-state index contributed by atoms with van der Waals surface area (Å²) in [4.78, 5) is 2.35. The fourth-order valence-corrected chi connectivity index (χ4v) is 2.67. The molecule has 0 aromatic carbocycles. The van der Waals surface area contributed by atoms with E-state index >= 15 is 0 Å². The zero-order valence-corrected chi connectivity index (χ0v) is 11.6. The lowest BCUT2D eigenvalue weighted by atomic mass is 10.4. The summed E-state index contributed by atoms with van der Waals surface area (Å²) in [6.07, 6.45) is 0. The van der Waals surface area contributed by atoms with Gasteiger partial charge in [-0.15, -0.1) is 0 Å². The summed E-state index contributed by atoms with van der Waals surface area (Å²) >= 11 is 0. The fraction of sp³-hybridized carbons (Fsp3) is 1.00. The molecule has 0 bridgehead atoms. The average molecular weight is 236 g/mol. The van der Waals surface area contributed by atoms with Gasteiger partial charge in [-0.1, -0.05) is 20.8 Å². The van der Waals surface area contributed by atoms with E-state index in [9.17, 15) is 4.57 Å². The SMILES string of the molecule is CC.CCN1CCN(P(C)(=O)OC)CC1. The maximum Gasteiger partial charge on any atom is 0.269 e. The Labute approximate surface area is 94.1 Å². The van der Waals surface area contributed by atoms with Gasteiger partial charge in [0.2, 0.25) is 0 Å². The first-order valence-electron chi connectivity index (χ1n) is 5.71. The first-order valence-corrected chi connectivity index (χ1v) is 7.73. The molecule has 0 saturated carbocycles. The van der Waals surface area contributed by atoms with Crippen LogP contribution < -0.4 is 0 Å². The van der Waals surface area contributed by atoms with Gasteiger partial charge in [-0.2, -0.15) is 0 Å². The highest BCUT2D eigenvalue weighted by molar-refractivity contribution is 7.55. The molecular formula is C10H25N2O2P. The minimum Gasteiger partial charge on any atom is -0.321 e. The van der Waals surface area contributed by atoms with Crippen molar-refractivity contribution in [3.8, 4) is 0 Å². The van der Waals surface area contributed by atoms with Crippen LogP contribution in [-0.2, 0) is 9.09 Å². The monoisotopic (exact) mass is 236 g/mol. The topological polar surface area (TPSA) is 32.8 Å². The molecule has 0 aromatic heterocycles. The highest BCUT2D eigenvalue weighted by atomic mass is 31.2. The Morgan fingerprint density at radius 2 is 1.67 bits per heavy atom. The second-order valence-electron chi connectivity index (χ2n) is 3.37. The lowest BCUT2D eigenvalue weighted by Gasteiger charge is -2.36. The summed E-state index contributed by atoms with van der Waals surface area (Å²) in [5.74, 6) is 0. The van der Waals surface area contributed by atoms with E-state index in [1.165, 1.54) is 7.11 Å². The normalized spacial score (nSPS) is 22.7. The van der Waals surface area contributed by atoms with Gasteiger partial charge in [0.25, 0.3) is 7.52 Å². The predicted molar refractivity (Wildman–Crippen MR) is 65.6 cm³/mol. The van der Waals surface area contributed by atoms with Crippen molar-refractivity contribution in [2.75, 3.05) is 46.5 Å². The first kappa shape index (κ1) is 15.1. The molecule has 92 valence electrons. The number of nitrogens with zero attached hydrogens (tertiary/aromatic N) is 2. The highest BCUT2D eigenvalue weighted by Crippen LogP contribution is 2.45. The zero-order valence-electron chi connectivity index (χ0n) is 10.7. The third-order valence-electron chi connectivity index (χ3n) is 2.65. The first-order chi connectivity index (χ1) is 7.10. The Balaban J connectivity index is 0.000000921. The van der Waals surface area contributed by atoms with Crippen molar-refractivity contribution >= 4 is 7.52 Å². The fourth-order valence-electron chi connectivity index (χ4n) is 1.53. The van der Waals surface area contributed by atoms with Crippen LogP contribution in [0.5, 0.6) is 0 Å². The van der Waals surface area contributed by atoms with Crippen LogP contribution in [0, 0.1) is 0 Å². The van der Waals surface area contributed by atoms with Gasteiger partial charge in [-0.25, -0.2) is 4.67 Å². The number of hydrogen-bond acceptors (Lipinski definition) is 3. The molecular weight excluding hydrogens is 211 g/mol. The van der Waals surface area contributed by atoms with Crippen LogP contribution in [-0.4, -0.2) is 56.1 Å². The Bertz CT molecular complexity index is 204. The van der Waals surface area contributed by atoms with Crippen molar-refractivity contribution in [2.45, 2.75) is 20.8 Å². The average Bonchev–Trinajstić information content (AvgIpc) is 2.32. The molecule has 1 aliphatic rings. The molecule has 0 radical (unpaired) electrons. The Kier molecular flexibility index (Phi) is 7.45. The van der Waals surface area contributed by atoms with Crippen molar-refractivity contribution in [3.05, 3.63) is 0 Å². The van der Waals surface area contributed by atoms with Crippen LogP contribution in [0.25, 0.3) is 0 Å². The van der Waals surface area contributed by atoms with E-state index < -0.39 is 7.52 Å². The van der Waals surface area contributed by atoms with E-state index in [0.717, 1.165) is 32.7 Å². The third-order valence-corrected chi connectivity index (χ3v) is 4.75. The van der Waals surface area contributed by atoms with Crippen LogP contribution >= 0.6 is 7.52 Å². The van der Waals surface area contributed by atoms with Gasteiger partial charge in [0.1, 0.15) is 0 Å². The van der Waals surface area contributed by atoms with Gasteiger partial charge >= 0.3 is 0 Å². The van der Waals surface area contributed by atoms with Crippen molar-refractivity contribution in [1.82, 2.24) is 9.57 Å². The van der Waals surface area contributed by atoms with Gasteiger partial charge in [0.15, 0.2) is 0 Å². The van der Waals surface area contributed by atoms with Crippen molar-refractivity contribution in [3.63, 3.8) is 0 Å². The number of piperazine rings is 1. The summed E-state index contributed by atoms with van der Waals surface area (Å²) in [5.41, 5.74) is 0. The van der Waals surface area contributed by atoms with Gasteiger partial charge in [0.05, 0.1) is 0 Å². The molecule has 0 aromatic rings. The van der Waals surface area contributed by atoms with Crippen LogP contribution in [0.3, 0.4) is 0 Å². The van der Waals surface area contributed by atoms with E-state index in [2.05, 4.69) is 11.8 Å². The molecule has 0 aliphatic carbocycles. The summed E-state index contributed by atoms with van der Waals surface area (Å²) in [6, 6.07) is 0. The van der Waals surface area contributed by atoms with Gasteiger partial charge in [-0.05, 0) is 6.54 Å². The standard InChI is InChI=1S/C8H19N2O2P.C2H6/c1-4-9-5-7-10(8-6-9)13(3,11)12-2;1-2/h4-8H2,1-3H3;1-2H3. The largest absolute Gasteiger partial charge is 0.321 e. The van der Waals surface area contributed by atoms with Crippen molar-refractivity contribution in [1.29, 1.82) is 0 Å². The van der Waals surface area contributed by atoms with Gasteiger partial charge in [-0.3, -0.25) is 4.57 Å². The smallest absolute Gasteiger partial charge is 0.269 e. The van der Waals surface area contributed by atoms with E-state index in [4.69, 9.17) is 4.52 Å². The maximum absolute atomic E-state index is 11.8. The molecule has 1 aliphatic heterocycles. The molecule has 15 heavy (non-hydrogen) atoms. The number of hydrogen-bond donors (Lipinski definition) is 0. The molecule has 0 amide bonds. The quantitative estimate of drug-likeness (QED) is 0.703. The summed E-state index contributed by atoms with van der Waals surface area (Å²) in [5, 5.41) is 0. The second-order valence-corrected chi connectivity index (χ2v) is 5.91. The highest BCUT2D eigenvalue weighted by Gasteiger charge is 2.27. The molecule has 1 heterocycles. The maximum atomic E-state index is 11.8. The molecule has 5 heteroatoms. The van der Waals surface area contributed by atoms with Crippen molar-refractivity contribution < 1.29 is 9.09 Å². The van der Waals surface area contributed by atoms with E-state index in [0.29, 0.717) is 0 Å². The minimum atomic E-state index is -2.48. The van der Waals surface area contributed by atoms with Crippen molar-refractivity contribution in [2.24, 2.45) is 0 Å². The van der Waals surface area contributed by atoms with E-state index in [1.807, 2.05) is 18.5 Å². The minimum absolute atomic E-state index is 0.857. The molecule has 1 rings (SSSR count). The Hall–Kier alpha value is 0.110. The van der Waals surface area contributed by atoms with Gasteiger partial charge in [0, 0.05) is 40.0 Å². The lowest BCUT2D eigenvalue weighted by molar-refractivity contribution is 0.180. The third kappa shape index (κ3) is 4.64. The molecule has 0 spiro atoms. The summed E-state index contributed by atoms with van der Waals surface area (Å²) in [7, 11) is -0.958. The second kappa shape index (κ2) is 7.39. The molecule has 4 nitrogen and oxygen atoms in total. The Morgan fingerprint density at radius 1 is 1.20 bits per heavy atom. The number of likely N-dealkylation sites (N-methyl/N-ethyl adjacent to an activating group) is 1. The number of rotatable bonds is 3. The molecule has 1 unspecified atom stereocenters. The van der Waals surface area contributed by atoms with E-state index in [-0.39, 0.29) is 0 Å². The van der Waals surface area contributed by atoms with Crippen LogP contribution in [0.4, 0.5) is 0 Å². The van der Waals surface area contributed by atoms with Gasteiger partial charge < -0.3 is 9.42 Å². The van der Waals surface area contributed by atoms with Crippen LogP contribution in [0.2, 0.25) is 0 Å². The molecule has 1 saturated heterocycles. The lowest BCUT2D eigenvalue weighted by Crippen LogP contribution is -2.44. The molecule has 0 N–H and O–H groups in total. The Morgan fingerprint density at radius 3 is 2.00 bits per heavy atom. The summed E-state index contributed by atoms with van der Waals surface area (Å²) in [6.45, 7) is 12.6. The predicted octanol–water partition coefficient (Wildman–Crippen LogP) is 2.12. The molecule has 1 atom stereocenters. The zero-order chi connectivity index (χ0) is 11.9. The van der Waals surface area contributed by atoms with E-state index in [1.54, 1.807) is 6.66 Å². The van der Waals surface area contributed by atoms with Crippen LogP contribution in [0.1, 0.15) is 20.8 Å². The molecule has 1 fully saturated rings.